The number of aryl methyl sites for hydroxylation is 1. The van der Waals surface area contributed by atoms with E-state index in [2.05, 4.69) is 11.9 Å². The van der Waals surface area contributed by atoms with Crippen LogP contribution >= 0.6 is 11.6 Å². The minimum Gasteiger partial charge on any atom is -0.347 e. The van der Waals surface area contributed by atoms with Crippen LogP contribution in [0.3, 0.4) is 0 Å². The molecule has 0 saturated heterocycles. The molecule has 1 amide bonds. The van der Waals surface area contributed by atoms with E-state index < -0.39 is 4.92 Å². The van der Waals surface area contributed by atoms with Gasteiger partial charge in [-0.3, -0.25) is 14.9 Å². The largest absolute Gasteiger partial charge is 0.347 e. The van der Waals surface area contributed by atoms with Crippen molar-refractivity contribution in [3.05, 3.63) is 51.1 Å². The van der Waals surface area contributed by atoms with Gasteiger partial charge in [0.25, 0.3) is 11.6 Å². The minimum atomic E-state index is -0.488. The Balaban J connectivity index is 2.86. The summed E-state index contributed by atoms with van der Waals surface area (Å²) in [6, 6.07) is 4.17. The molecule has 0 spiro atoms. The second kappa shape index (κ2) is 5.45. The normalized spacial score (nSPS) is 9.76. The van der Waals surface area contributed by atoms with E-state index >= 15 is 0 Å². The average molecular weight is 255 g/mol. The Morgan fingerprint density at radius 1 is 1.59 bits per heavy atom. The highest BCUT2D eigenvalue weighted by molar-refractivity contribution is 6.29. The third-order valence-electron chi connectivity index (χ3n) is 2.10. The fourth-order valence-electron chi connectivity index (χ4n) is 1.28. The van der Waals surface area contributed by atoms with Gasteiger partial charge in [-0.15, -0.1) is 0 Å². The predicted octanol–water partition coefficient (Wildman–Crippen LogP) is 2.39. The summed E-state index contributed by atoms with van der Waals surface area (Å²) in [5.74, 6) is -0.343. The highest BCUT2D eigenvalue weighted by Crippen LogP contribution is 2.18. The number of carbonyl (C=O) groups is 1. The van der Waals surface area contributed by atoms with Crippen molar-refractivity contribution in [2.45, 2.75) is 6.92 Å². The summed E-state index contributed by atoms with van der Waals surface area (Å²) in [7, 11) is 0. The first-order chi connectivity index (χ1) is 7.91. The first-order valence-corrected chi connectivity index (χ1v) is 5.16. The van der Waals surface area contributed by atoms with Gasteiger partial charge in [-0.05, 0) is 19.1 Å². The van der Waals surface area contributed by atoms with E-state index in [1.165, 1.54) is 18.2 Å². The number of benzene rings is 1. The van der Waals surface area contributed by atoms with Crippen molar-refractivity contribution in [3.63, 3.8) is 0 Å². The molecular weight excluding hydrogens is 244 g/mol. The Morgan fingerprint density at radius 2 is 2.24 bits per heavy atom. The predicted molar refractivity (Wildman–Crippen MR) is 65.2 cm³/mol. The Hall–Kier alpha value is -1.88. The first-order valence-electron chi connectivity index (χ1n) is 4.78. The van der Waals surface area contributed by atoms with E-state index in [1.807, 2.05) is 0 Å². The molecule has 1 aromatic rings. The molecule has 0 aromatic heterocycles. The lowest BCUT2D eigenvalue weighted by Crippen LogP contribution is -2.24. The van der Waals surface area contributed by atoms with E-state index in [-0.39, 0.29) is 18.1 Å². The van der Waals surface area contributed by atoms with Gasteiger partial charge in [0.15, 0.2) is 0 Å². The molecule has 0 radical (unpaired) electrons. The number of nitrogens with one attached hydrogen (secondary N) is 1. The summed E-state index contributed by atoms with van der Waals surface area (Å²) in [5, 5.41) is 13.4. The van der Waals surface area contributed by atoms with Crippen molar-refractivity contribution in [1.29, 1.82) is 0 Å². The number of carbonyl (C=O) groups excluding carboxylic acids is 1. The van der Waals surface area contributed by atoms with Gasteiger partial charge >= 0.3 is 0 Å². The van der Waals surface area contributed by atoms with Crippen LogP contribution in [-0.4, -0.2) is 17.4 Å². The molecule has 0 aliphatic rings. The van der Waals surface area contributed by atoms with Gasteiger partial charge in [0.05, 0.1) is 11.5 Å². The van der Waals surface area contributed by atoms with E-state index in [1.54, 1.807) is 6.92 Å². The van der Waals surface area contributed by atoms with Crippen LogP contribution in [0, 0.1) is 17.0 Å². The molecule has 0 aliphatic heterocycles. The Morgan fingerprint density at radius 3 is 2.71 bits per heavy atom. The lowest BCUT2D eigenvalue weighted by Gasteiger charge is -2.04. The second-order valence-electron chi connectivity index (χ2n) is 3.46. The van der Waals surface area contributed by atoms with E-state index in [0.717, 1.165) is 0 Å². The van der Waals surface area contributed by atoms with Gasteiger partial charge in [0.1, 0.15) is 0 Å². The highest BCUT2D eigenvalue weighted by Gasteiger charge is 2.13. The fourth-order valence-corrected chi connectivity index (χ4v) is 1.35. The lowest BCUT2D eigenvalue weighted by atomic mass is 10.1. The van der Waals surface area contributed by atoms with Crippen LogP contribution in [0.25, 0.3) is 0 Å². The van der Waals surface area contributed by atoms with E-state index in [0.29, 0.717) is 16.2 Å². The summed E-state index contributed by atoms with van der Waals surface area (Å²) in [6.45, 7) is 5.18. The maximum Gasteiger partial charge on any atom is 0.272 e. The Labute approximate surface area is 103 Å². The molecular formula is C11H11ClN2O3. The summed E-state index contributed by atoms with van der Waals surface area (Å²) < 4.78 is 0. The molecule has 90 valence electrons. The monoisotopic (exact) mass is 254 g/mol. The third kappa shape index (κ3) is 3.57. The van der Waals surface area contributed by atoms with Crippen LogP contribution in [-0.2, 0) is 0 Å². The topological polar surface area (TPSA) is 72.2 Å². The van der Waals surface area contributed by atoms with Crippen LogP contribution in [0.2, 0.25) is 0 Å². The highest BCUT2D eigenvalue weighted by atomic mass is 35.5. The molecule has 0 bridgehead atoms. The van der Waals surface area contributed by atoms with Crippen LogP contribution in [0.4, 0.5) is 5.69 Å². The van der Waals surface area contributed by atoms with Crippen LogP contribution in [0.5, 0.6) is 0 Å². The molecule has 0 unspecified atom stereocenters. The molecule has 0 saturated carbocycles. The van der Waals surface area contributed by atoms with Gasteiger partial charge in [-0.1, -0.05) is 18.2 Å². The molecule has 5 nitrogen and oxygen atoms in total. The second-order valence-corrected chi connectivity index (χ2v) is 3.99. The molecule has 0 aliphatic carbocycles. The SMILES string of the molecule is C=C(Cl)CNC(=O)c1ccc([N+](=O)[O-])c(C)c1. The van der Waals surface area contributed by atoms with Gasteiger partial charge in [0.2, 0.25) is 0 Å². The zero-order chi connectivity index (χ0) is 13.0. The number of hydrogen-bond donors (Lipinski definition) is 1. The summed E-state index contributed by atoms with van der Waals surface area (Å²) in [6.07, 6.45) is 0. The van der Waals surface area contributed by atoms with Gasteiger partial charge < -0.3 is 5.32 Å². The molecule has 17 heavy (non-hydrogen) atoms. The van der Waals surface area contributed by atoms with Crippen molar-refractivity contribution in [3.8, 4) is 0 Å². The van der Waals surface area contributed by atoms with Crippen molar-refractivity contribution in [2.75, 3.05) is 6.54 Å². The summed E-state index contributed by atoms with van der Waals surface area (Å²) in [5.41, 5.74) is 0.779. The number of nitro benzene ring substituents is 1. The van der Waals surface area contributed by atoms with Crippen molar-refractivity contribution in [1.82, 2.24) is 5.32 Å². The lowest BCUT2D eigenvalue weighted by molar-refractivity contribution is -0.385. The van der Waals surface area contributed by atoms with Gasteiger partial charge in [-0.2, -0.15) is 0 Å². The van der Waals surface area contributed by atoms with Crippen LogP contribution < -0.4 is 5.32 Å². The molecule has 6 heteroatoms. The molecule has 0 fully saturated rings. The van der Waals surface area contributed by atoms with Gasteiger partial charge in [-0.25, -0.2) is 0 Å². The minimum absolute atomic E-state index is 0.0108. The Bertz CT molecular complexity index is 486. The number of amides is 1. The van der Waals surface area contributed by atoms with E-state index in [4.69, 9.17) is 11.6 Å². The standard InChI is InChI=1S/C11H11ClN2O3/c1-7-5-9(3-4-10(7)14(16)17)11(15)13-6-8(2)12/h3-5H,2,6H2,1H3,(H,13,15). The number of halogens is 1. The number of nitro groups is 1. The quantitative estimate of drug-likeness (QED) is 0.662. The fraction of sp³-hybridized carbons (Fsp3) is 0.182. The molecule has 1 aromatic carbocycles. The van der Waals surface area contributed by atoms with Crippen LogP contribution in [0.1, 0.15) is 15.9 Å². The van der Waals surface area contributed by atoms with Crippen LogP contribution in [0.15, 0.2) is 29.8 Å². The summed E-state index contributed by atoms with van der Waals surface area (Å²) >= 11 is 5.51. The van der Waals surface area contributed by atoms with Crippen molar-refractivity contribution >= 4 is 23.2 Å². The number of hydrogen-bond acceptors (Lipinski definition) is 3. The van der Waals surface area contributed by atoms with E-state index in [9.17, 15) is 14.9 Å². The first kappa shape index (κ1) is 13.2. The zero-order valence-corrected chi connectivity index (χ0v) is 9.95. The maximum absolute atomic E-state index is 11.6. The molecule has 0 atom stereocenters. The number of rotatable bonds is 4. The average Bonchev–Trinajstić information content (AvgIpc) is 2.25. The molecule has 0 heterocycles. The van der Waals surface area contributed by atoms with Crippen molar-refractivity contribution in [2.24, 2.45) is 0 Å². The summed E-state index contributed by atoms with van der Waals surface area (Å²) in [4.78, 5) is 21.7. The molecule has 1 rings (SSSR count). The smallest absolute Gasteiger partial charge is 0.272 e. The Kier molecular flexibility index (Phi) is 4.23. The number of nitrogens with zero attached hydrogens (tertiary/aromatic N) is 1. The van der Waals surface area contributed by atoms with Gasteiger partial charge in [0, 0.05) is 22.2 Å². The molecule has 1 N–H and O–H groups in total. The maximum atomic E-state index is 11.6. The third-order valence-corrected chi connectivity index (χ3v) is 2.23. The zero-order valence-electron chi connectivity index (χ0n) is 9.20. The van der Waals surface area contributed by atoms with Crippen molar-refractivity contribution < 1.29 is 9.72 Å².